The van der Waals surface area contributed by atoms with Crippen molar-refractivity contribution < 1.29 is 18.1 Å². The maximum Gasteiger partial charge on any atom is 0.322 e. The van der Waals surface area contributed by atoms with Crippen molar-refractivity contribution in [2.24, 2.45) is 4.40 Å². The van der Waals surface area contributed by atoms with E-state index in [1.165, 1.54) is 0 Å². The van der Waals surface area contributed by atoms with E-state index in [2.05, 4.69) is 9.38 Å². The molecule has 1 unspecified atom stereocenters. The number of rotatable bonds is 4. The van der Waals surface area contributed by atoms with Crippen LogP contribution in [0.1, 0.15) is 70.0 Å². The lowest BCUT2D eigenvalue weighted by molar-refractivity contribution is 0.0503. The van der Waals surface area contributed by atoms with Gasteiger partial charge in [-0.15, -0.1) is 0 Å². The highest BCUT2D eigenvalue weighted by Gasteiger charge is 2.29. The second kappa shape index (κ2) is 8.72. The lowest BCUT2D eigenvalue weighted by atomic mass is 9.97. The third kappa shape index (κ3) is 4.58. The predicted molar refractivity (Wildman–Crippen MR) is 115 cm³/mol. The Hall–Kier alpha value is -1.84. The summed E-state index contributed by atoms with van der Waals surface area (Å²) in [5, 5.41) is 0.109. The fraction of sp³-hybridized carbons (Fsp3) is 0.571. The zero-order valence-corrected chi connectivity index (χ0v) is 18.7. The van der Waals surface area contributed by atoms with Crippen LogP contribution in [0.5, 0.6) is 0 Å². The molecule has 164 valence electrons. The predicted octanol–water partition coefficient (Wildman–Crippen LogP) is 4.27. The van der Waals surface area contributed by atoms with Gasteiger partial charge in [-0.05, 0) is 65.2 Å². The molecule has 30 heavy (non-hydrogen) atoms. The largest absolute Gasteiger partial charge is 0.591 e. The van der Waals surface area contributed by atoms with Crippen LogP contribution in [-0.2, 0) is 16.1 Å². The number of hydrogen-bond acceptors (Lipinski definition) is 5. The fourth-order valence-electron chi connectivity index (χ4n) is 3.48. The van der Waals surface area contributed by atoms with E-state index in [1.54, 1.807) is 26.0 Å². The van der Waals surface area contributed by atoms with Crippen molar-refractivity contribution in [3.8, 4) is 0 Å². The summed E-state index contributed by atoms with van der Waals surface area (Å²) >= 11 is -1.50. The van der Waals surface area contributed by atoms with E-state index in [-0.39, 0.29) is 17.1 Å². The standard InChI is InChI=1S/C21H27F2N3O3S/c1-12-10-15(13(2)25-30(28)21(3,4)5)17-16(11-12)19(27)26(20(22)23)18(24-17)14-6-8-29-9-7-14/h10-11,14,20H,6-9H2,1-5H3. The van der Waals surface area contributed by atoms with E-state index in [9.17, 15) is 18.1 Å². The van der Waals surface area contributed by atoms with Gasteiger partial charge in [0, 0.05) is 24.7 Å². The normalized spacial score (nSPS) is 17.7. The van der Waals surface area contributed by atoms with Crippen molar-refractivity contribution in [2.45, 2.75) is 64.7 Å². The summed E-state index contributed by atoms with van der Waals surface area (Å²) in [5.74, 6) is -0.222. The first-order valence-corrected chi connectivity index (χ1v) is 11.0. The second-order valence-electron chi connectivity index (χ2n) is 8.56. The maximum absolute atomic E-state index is 13.9. The van der Waals surface area contributed by atoms with Gasteiger partial charge in [0.15, 0.2) is 0 Å². The van der Waals surface area contributed by atoms with Gasteiger partial charge in [-0.2, -0.15) is 8.78 Å². The van der Waals surface area contributed by atoms with Crippen LogP contribution in [-0.4, -0.2) is 37.8 Å². The SMILES string of the molecule is CC(=N[S+]([O-])C(C)(C)C)c1cc(C)cc2c(=O)n(C(F)F)c(C3CCOCC3)nc12. The van der Waals surface area contributed by atoms with Crippen LogP contribution in [0.4, 0.5) is 8.78 Å². The Balaban J connectivity index is 2.28. The van der Waals surface area contributed by atoms with Crippen LogP contribution in [0, 0.1) is 6.92 Å². The molecule has 1 aliphatic heterocycles. The molecule has 1 aromatic carbocycles. The molecule has 1 atom stereocenters. The molecule has 0 N–H and O–H groups in total. The van der Waals surface area contributed by atoms with Gasteiger partial charge in [0.2, 0.25) is 0 Å². The Bertz CT molecular complexity index is 1020. The molecular formula is C21H27F2N3O3S. The Morgan fingerprint density at radius 1 is 1.33 bits per heavy atom. The minimum absolute atomic E-state index is 0.0700. The summed E-state index contributed by atoms with van der Waals surface area (Å²) in [4.78, 5) is 17.6. The van der Waals surface area contributed by atoms with Crippen LogP contribution in [0.25, 0.3) is 10.9 Å². The Morgan fingerprint density at radius 2 is 1.97 bits per heavy atom. The van der Waals surface area contributed by atoms with Crippen molar-refractivity contribution in [1.29, 1.82) is 0 Å². The molecular weight excluding hydrogens is 412 g/mol. The first-order chi connectivity index (χ1) is 14.0. The number of fused-ring (bicyclic) bond motifs is 1. The molecule has 0 saturated carbocycles. The van der Waals surface area contributed by atoms with Gasteiger partial charge < -0.3 is 9.29 Å². The quantitative estimate of drug-likeness (QED) is 0.527. The smallest absolute Gasteiger partial charge is 0.322 e. The van der Waals surface area contributed by atoms with Crippen LogP contribution < -0.4 is 5.56 Å². The zero-order chi connectivity index (χ0) is 22.2. The second-order valence-corrected chi connectivity index (χ2v) is 10.5. The van der Waals surface area contributed by atoms with Crippen molar-refractivity contribution in [3.63, 3.8) is 0 Å². The molecule has 0 amide bonds. The Labute approximate surface area is 177 Å². The van der Waals surface area contributed by atoms with Gasteiger partial charge >= 0.3 is 6.55 Å². The molecule has 2 heterocycles. The van der Waals surface area contributed by atoms with E-state index in [4.69, 9.17) is 4.74 Å². The van der Waals surface area contributed by atoms with E-state index in [0.717, 1.165) is 0 Å². The molecule has 1 aromatic heterocycles. The van der Waals surface area contributed by atoms with Gasteiger partial charge in [0.1, 0.15) is 21.9 Å². The first kappa shape index (κ1) is 22.8. The highest BCUT2D eigenvalue weighted by atomic mass is 32.2. The highest BCUT2D eigenvalue weighted by molar-refractivity contribution is 7.91. The number of hydrogen-bond donors (Lipinski definition) is 0. The van der Waals surface area contributed by atoms with Crippen LogP contribution in [0.2, 0.25) is 0 Å². The van der Waals surface area contributed by atoms with Crippen LogP contribution in [0.3, 0.4) is 0 Å². The van der Waals surface area contributed by atoms with Gasteiger partial charge in [-0.1, -0.05) is 4.40 Å². The molecule has 0 radical (unpaired) electrons. The average molecular weight is 440 g/mol. The number of aromatic nitrogens is 2. The van der Waals surface area contributed by atoms with E-state index < -0.39 is 28.2 Å². The highest BCUT2D eigenvalue weighted by Crippen LogP contribution is 2.30. The first-order valence-electron chi connectivity index (χ1n) is 9.91. The van der Waals surface area contributed by atoms with E-state index in [0.29, 0.717) is 53.0 Å². The van der Waals surface area contributed by atoms with Crippen molar-refractivity contribution in [3.05, 3.63) is 39.4 Å². The molecule has 9 heteroatoms. The zero-order valence-electron chi connectivity index (χ0n) is 17.9. The summed E-state index contributed by atoms with van der Waals surface area (Å²) in [6.45, 7) is 6.81. The lowest BCUT2D eigenvalue weighted by Gasteiger charge is -2.25. The van der Waals surface area contributed by atoms with Crippen LogP contribution in [0.15, 0.2) is 21.3 Å². The van der Waals surface area contributed by atoms with Gasteiger partial charge in [-0.3, -0.25) is 4.79 Å². The number of halogens is 2. The van der Waals surface area contributed by atoms with E-state index in [1.807, 2.05) is 20.8 Å². The molecule has 0 aliphatic carbocycles. The van der Waals surface area contributed by atoms with Crippen molar-refractivity contribution in [1.82, 2.24) is 9.55 Å². The molecule has 6 nitrogen and oxygen atoms in total. The number of benzene rings is 1. The summed E-state index contributed by atoms with van der Waals surface area (Å²) in [6.07, 6.45) is 1.04. The van der Waals surface area contributed by atoms with Crippen LogP contribution >= 0.6 is 0 Å². The monoisotopic (exact) mass is 439 g/mol. The van der Waals surface area contributed by atoms with Crippen molar-refractivity contribution >= 4 is 28.0 Å². The molecule has 1 saturated heterocycles. The Kier molecular flexibility index (Phi) is 6.64. The number of nitrogens with zero attached hydrogens (tertiary/aromatic N) is 3. The Morgan fingerprint density at radius 3 is 2.53 bits per heavy atom. The number of alkyl halides is 2. The maximum atomic E-state index is 13.9. The summed E-state index contributed by atoms with van der Waals surface area (Å²) in [7, 11) is 0. The average Bonchev–Trinajstić information content (AvgIpc) is 2.67. The topological polar surface area (TPSA) is 79.5 Å². The lowest BCUT2D eigenvalue weighted by Crippen LogP contribution is -2.30. The fourth-order valence-corrected chi connectivity index (χ4v) is 4.10. The molecule has 1 fully saturated rings. The minimum Gasteiger partial charge on any atom is -0.591 e. The third-order valence-corrected chi connectivity index (χ3v) is 6.58. The molecule has 1 aliphatic rings. The summed E-state index contributed by atoms with van der Waals surface area (Å²) in [5.41, 5.74) is 1.25. The number of aryl methyl sites for hydroxylation is 1. The summed E-state index contributed by atoms with van der Waals surface area (Å²) in [6, 6.07) is 3.36. The molecule has 0 spiro atoms. The minimum atomic E-state index is -2.99. The van der Waals surface area contributed by atoms with Gasteiger partial charge in [0.25, 0.3) is 5.56 Å². The third-order valence-electron chi connectivity index (χ3n) is 5.09. The van der Waals surface area contributed by atoms with Gasteiger partial charge in [-0.25, -0.2) is 9.55 Å². The number of ether oxygens (including phenoxy) is 1. The summed E-state index contributed by atoms with van der Waals surface area (Å²) < 4.78 is 49.8. The van der Waals surface area contributed by atoms with Crippen molar-refractivity contribution in [2.75, 3.05) is 13.2 Å². The van der Waals surface area contributed by atoms with Gasteiger partial charge in [0.05, 0.1) is 16.6 Å². The van der Waals surface area contributed by atoms with E-state index >= 15 is 0 Å². The molecule has 0 bridgehead atoms. The molecule has 3 rings (SSSR count). The molecule has 2 aromatic rings.